The summed E-state index contributed by atoms with van der Waals surface area (Å²) in [5.41, 5.74) is -0.0162. The van der Waals surface area contributed by atoms with Crippen LogP contribution in [0.2, 0.25) is 0 Å². The molecule has 0 aliphatic carbocycles. The molecule has 0 bridgehead atoms. The monoisotopic (exact) mass is 541 g/mol. The standard InChI is InChI=1S/C28H40FN7O3/c1-9-13-31-23-20(16-33-25(35-23)34-22-15-21(29)17-30-18-22)10-11-28(6,7)12-14-32-24(37)19(2)36(8)26(38)39-27(3,4)5/h15-19H,9,12-14H2,1-8H3,(H,32,37)(H2,31,33,34,35)/t19-/m0/s1. The number of halogens is 1. The Labute approximate surface area is 230 Å². The van der Waals surface area contributed by atoms with Gasteiger partial charge in [0.1, 0.15) is 23.3 Å². The lowest BCUT2D eigenvalue weighted by molar-refractivity contribution is -0.125. The third-order valence-corrected chi connectivity index (χ3v) is 5.52. The molecule has 0 radical (unpaired) electrons. The first-order valence-electron chi connectivity index (χ1n) is 13.0. The lowest BCUT2D eigenvalue weighted by atomic mass is 9.90. The second kappa shape index (κ2) is 13.7. The van der Waals surface area contributed by atoms with Gasteiger partial charge in [-0.3, -0.25) is 14.7 Å². The third kappa shape index (κ3) is 10.8. The minimum Gasteiger partial charge on any atom is -0.444 e. The van der Waals surface area contributed by atoms with Crippen molar-refractivity contribution in [2.45, 2.75) is 73.0 Å². The van der Waals surface area contributed by atoms with Gasteiger partial charge in [-0.2, -0.15) is 4.98 Å². The van der Waals surface area contributed by atoms with Gasteiger partial charge in [-0.1, -0.05) is 18.8 Å². The molecule has 0 spiro atoms. The molecule has 39 heavy (non-hydrogen) atoms. The summed E-state index contributed by atoms with van der Waals surface area (Å²) in [6.07, 6.45) is 5.13. The molecule has 2 aromatic heterocycles. The Bertz CT molecular complexity index is 1200. The van der Waals surface area contributed by atoms with Crippen LogP contribution in [0.15, 0.2) is 24.7 Å². The summed E-state index contributed by atoms with van der Waals surface area (Å²) in [5.74, 6) is 6.53. The third-order valence-electron chi connectivity index (χ3n) is 5.52. The second-order valence-electron chi connectivity index (χ2n) is 10.8. The first kappa shape index (κ1) is 31.3. The number of amides is 2. The molecule has 0 aliphatic rings. The van der Waals surface area contributed by atoms with E-state index in [1.165, 1.54) is 24.2 Å². The van der Waals surface area contributed by atoms with Crippen molar-refractivity contribution in [2.75, 3.05) is 30.8 Å². The topological polar surface area (TPSA) is 121 Å². The second-order valence-corrected chi connectivity index (χ2v) is 10.8. The van der Waals surface area contributed by atoms with Gasteiger partial charge in [0, 0.05) is 31.6 Å². The molecule has 0 aliphatic heterocycles. The quantitative estimate of drug-likeness (QED) is 0.370. The van der Waals surface area contributed by atoms with Crippen LogP contribution < -0.4 is 16.0 Å². The number of rotatable bonds is 10. The summed E-state index contributed by atoms with van der Waals surface area (Å²) < 4.78 is 18.8. The summed E-state index contributed by atoms with van der Waals surface area (Å²) in [6.45, 7) is 14.1. The Morgan fingerprint density at radius 3 is 2.51 bits per heavy atom. The van der Waals surface area contributed by atoms with E-state index in [2.05, 4.69) is 42.7 Å². The molecule has 0 aromatic carbocycles. The summed E-state index contributed by atoms with van der Waals surface area (Å²) in [7, 11) is 1.54. The van der Waals surface area contributed by atoms with Crippen molar-refractivity contribution >= 4 is 29.5 Å². The van der Waals surface area contributed by atoms with Gasteiger partial charge in [0.15, 0.2) is 0 Å². The first-order chi connectivity index (χ1) is 18.2. The average molecular weight is 542 g/mol. The fraction of sp³-hybridized carbons (Fsp3) is 0.536. The average Bonchev–Trinajstić information content (AvgIpc) is 2.84. The van der Waals surface area contributed by atoms with E-state index in [1.807, 2.05) is 20.8 Å². The van der Waals surface area contributed by atoms with Crippen molar-refractivity contribution in [1.82, 2.24) is 25.2 Å². The molecule has 2 aromatic rings. The van der Waals surface area contributed by atoms with E-state index in [1.54, 1.807) is 33.9 Å². The van der Waals surface area contributed by atoms with Gasteiger partial charge in [0.2, 0.25) is 11.9 Å². The fourth-order valence-corrected chi connectivity index (χ4v) is 3.13. The zero-order valence-corrected chi connectivity index (χ0v) is 24.1. The number of carbonyl (C=O) groups is 2. The number of pyridine rings is 1. The van der Waals surface area contributed by atoms with Crippen LogP contribution >= 0.6 is 0 Å². The van der Waals surface area contributed by atoms with E-state index in [-0.39, 0.29) is 5.91 Å². The minimum absolute atomic E-state index is 0.275. The maximum atomic E-state index is 13.5. The van der Waals surface area contributed by atoms with Gasteiger partial charge in [-0.05, 0) is 54.4 Å². The molecule has 212 valence electrons. The number of hydrogen-bond donors (Lipinski definition) is 3. The molecular formula is C28H40FN7O3. The summed E-state index contributed by atoms with van der Waals surface area (Å²) >= 11 is 0. The molecule has 10 nitrogen and oxygen atoms in total. The number of nitrogens with one attached hydrogen (secondary N) is 3. The van der Waals surface area contributed by atoms with E-state index in [4.69, 9.17) is 4.74 Å². The van der Waals surface area contributed by atoms with Crippen molar-refractivity contribution in [2.24, 2.45) is 5.41 Å². The summed E-state index contributed by atoms with van der Waals surface area (Å²) in [4.78, 5) is 38.8. The Morgan fingerprint density at radius 1 is 1.15 bits per heavy atom. The SMILES string of the molecule is CCCNc1nc(Nc2cncc(F)c2)ncc1C#CC(C)(C)CCNC(=O)[C@H](C)N(C)C(=O)OC(C)(C)C. The Kier molecular flexibility index (Phi) is 11.0. The molecule has 0 saturated heterocycles. The van der Waals surface area contributed by atoms with Crippen molar-refractivity contribution in [3.05, 3.63) is 36.0 Å². The van der Waals surface area contributed by atoms with E-state index in [9.17, 15) is 14.0 Å². The van der Waals surface area contributed by atoms with Crippen molar-refractivity contribution in [1.29, 1.82) is 0 Å². The summed E-state index contributed by atoms with van der Waals surface area (Å²) in [6, 6.07) is 0.620. The number of anilines is 3. The number of aromatic nitrogens is 3. The molecule has 2 amide bonds. The molecule has 2 rings (SSSR count). The Hall–Kier alpha value is -3.94. The van der Waals surface area contributed by atoms with Crippen molar-refractivity contribution < 1.29 is 18.7 Å². The highest BCUT2D eigenvalue weighted by molar-refractivity contribution is 5.85. The fourth-order valence-electron chi connectivity index (χ4n) is 3.13. The number of nitrogens with zero attached hydrogens (tertiary/aromatic N) is 4. The molecule has 1 atom stereocenters. The lowest BCUT2D eigenvalue weighted by Gasteiger charge is -2.28. The number of ether oxygens (including phenoxy) is 1. The molecule has 0 saturated carbocycles. The predicted octanol–water partition coefficient (Wildman–Crippen LogP) is 4.72. The maximum Gasteiger partial charge on any atom is 0.410 e. The summed E-state index contributed by atoms with van der Waals surface area (Å²) in [5, 5.41) is 9.08. The van der Waals surface area contributed by atoms with E-state index < -0.39 is 29.0 Å². The number of likely N-dealkylation sites (N-methyl/N-ethyl adjacent to an activating group) is 1. The van der Waals surface area contributed by atoms with E-state index >= 15 is 0 Å². The van der Waals surface area contributed by atoms with Gasteiger partial charge >= 0.3 is 6.09 Å². The lowest BCUT2D eigenvalue weighted by Crippen LogP contribution is -2.47. The zero-order valence-electron chi connectivity index (χ0n) is 24.1. The Balaban J connectivity index is 2.03. The van der Waals surface area contributed by atoms with Crippen molar-refractivity contribution in [3.8, 4) is 11.8 Å². The molecular weight excluding hydrogens is 501 g/mol. The maximum absolute atomic E-state index is 13.5. The highest BCUT2D eigenvalue weighted by atomic mass is 19.1. The molecule has 2 heterocycles. The van der Waals surface area contributed by atoms with Crippen LogP contribution in [0, 0.1) is 23.1 Å². The highest BCUT2D eigenvalue weighted by Gasteiger charge is 2.27. The van der Waals surface area contributed by atoms with E-state index in [0.29, 0.717) is 42.5 Å². The van der Waals surface area contributed by atoms with Gasteiger partial charge < -0.3 is 20.7 Å². The number of hydrogen-bond acceptors (Lipinski definition) is 8. The Morgan fingerprint density at radius 2 is 1.87 bits per heavy atom. The van der Waals surface area contributed by atoms with Crippen LogP contribution in [0.5, 0.6) is 0 Å². The van der Waals surface area contributed by atoms with Gasteiger partial charge in [0.25, 0.3) is 0 Å². The van der Waals surface area contributed by atoms with Crippen LogP contribution in [0.3, 0.4) is 0 Å². The first-order valence-corrected chi connectivity index (χ1v) is 13.0. The largest absolute Gasteiger partial charge is 0.444 e. The van der Waals surface area contributed by atoms with Gasteiger partial charge in [-0.15, -0.1) is 0 Å². The van der Waals surface area contributed by atoms with Crippen LogP contribution in [0.4, 0.5) is 26.6 Å². The smallest absolute Gasteiger partial charge is 0.410 e. The van der Waals surface area contributed by atoms with Crippen LogP contribution in [-0.4, -0.2) is 63.6 Å². The van der Waals surface area contributed by atoms with Crippen LogP contribution in [0.25, 0.3) is 0 Å². The van der Waals surface area contributed by atoms with Crippen LogP contribution in [0.1, 0.15) is 66.9 Å². The molecule has 11 heteroatoms. The number of carbonyl (C=O) groups excluding carboxylic acids is 2. The zero-order chi connectivity index (χ0) is 29.2. The predicted molar refractivity (Wildman–Crippen MR) is 150 cm³/mol. The normalized spacial score (nSPS) is 12.0. The molecule has 0 fully saturated rings. The van der Waals surface area contributed by atoms with E-state index in [0.717, 1.165) is 12.6 Å². The van der Waals surface area contributed by atoms with Gasteiger partial charge in [-0.25, -0.2) is 14.2 Å². The molecule has 0 unspecified atom stereocenters. The highest BCUT2D eigenvalue weighted by Crippen LogP contribution is 2.21. The van der Waals surface area contributed by atoms with Crippen LogP contribution in [-0.2, 0) is 9.53 Å². The minimum atomic E-state index is -0.686. The van der Waals surface area contributed by atoms with Crippen molar-refractivity contribution in [3.63, 3.8) is 0 Å². The molecule has 3 N–H and O–H groups in total. The van der Waals surface area contributed by atoms with Gasteiger partial charge in [0.05, 0.1) is 29.8 Å².